The molecule has 3 aliphatic rings. The lowest BCUT2D eigenvalue weighted by Crippen LogP contribution is -2.51. The summed E-state index contributed by atoms with van der Waals surface area (Å²) in [6, 6.07) is 8.04. The molecule has 1 aliphatic carbocycles. The fourth-order valence-corrected chi connectivity index (χ4v) is 7.47. The van der Waals surface area contributed by atoms with E-state index in [1.54, 1.807) is 17.4 Å². The summed E-state index contributed by atoms with van der Waals surface area (Å²) in [5, 5.41) is 5.22. The first kappa shape index (κ1) is 29.8. The lowest BCUT2D eigenvalue weighted by Gasteiger charge is -2.40. The molecule has 2 bridgehead atoms. The number of carbonyl (C=O) groups is 1. The molecule has 2 aliphatic heterocycles. The molecule has 1 aromatic heterocycles. The molecule has 2 fully saturated rings. The number of hydrogen-bond donors (Lipinski definition) is 1. The predicted molar refractivity (Wildman–Crippen MR) is 163 cm³/mol. The Morgan fingerprint density at radius 2 is 1.88 bits per heavy atom. The van der Waals surface area contributed by atoms with Crippen molar-refractivity contribution < 1.29 is 18.3 Å². The van der Waals surface area contributed by atoms with Gasteiger partial charge in [0, 0.05) is 42.9 Å². The summed E-state index contributed by atoms with van der Waals surface area (Å²) in [7, 11) is 0. The van der Waals surface area contributed by atoms with Crippen LogP contribution in [0.4, 0.5) is 8.78 Å². The number of piperidine rings is 1. The summed E-state index contributed by atoms with van der Waals surface area (Å²) < 4.78 is 33.2. The van der Waals surface area contributed by atoms with Gasteiger partial charge in [0.2, 0.25) is 0 Å². The Morgan fingerprint density at radius 1 is 1.07 bits per heavy atom. The maximum atomic E-state index is 14.3. The minimum atomic E-state index is -0.723. The van der Waals surface area contributed by atoms with Gasteiger partial charge in [-0.2, -0.15) is 0 Å². The van der Waals surface area contributed by atoms with Crippen LogP contribution in [0, 0.1) is 11.6 Å². The van der Waals surface area contributed by atoms with E-state index in [9.17, 15) is 13.6 Å². The Labute approximate surface area is 262 Å². The molecule has 1 amide bonds. The largest absolute Gasteiger partial charge is 0.489 e. The molecule has 3 aromatic rings. The molecule has 11 heteroatoms. The molecular formula is C31H30Cl3F2N3O2S. The van der Waals surface area contributed by atoms with Crippen molar-refractivity contribution in [2.75, 3.05) is 6.61 Å². The van der Waals surface area contributed by atoms with Gasteiger partial charge in [0.15, 0.2) is 11.6 Å². The van der Waals surface area contributed by atoms with Crippen molar-refractivity contribution in [1.82, 2.24) is 15.2 Å². The number of aromatic nitrogens is 1. The molecule has 222 valence electrons. The van der Waals surface area contributed by atoms with E-state index in [0.29, 0.717) is 35.5 Å². The van der Waals surface area contributed by atoms with Gasteiger partial charge in [0.25, 0.3) is 5.91 Å². The number of ether oxygens (including phenoxy) is 1. The highest BCUT2D eigenvalue weighted by Gasteiger charge is 2.41. The van der Waals surface area contributed by atoms with Crippen molar-refractivity contribution in [3.05, 3.63) is 84.3 Å². The van der Waals surface area contributed by atoms with E-state index in [1.165, 1.54) is 0 Å². The first-order chi connectivity index (χ1) is 20.3. The van der Waals surface area contributed by atoms with Crippen LogP contribution >= 0.6 is 46.1 Å². The van der Waals surface area contributed by atoms with Crippen molar-refractivity contribution >= 4 is 57.6 Å². The van der Waals surface area contributed by atoms with Gasteiger partial charge in [-0.05, 0) is 74.3 Å². The highest BCUT2D eigenvalue weighted by atomic mass is 35.5. The van der Waals surface area contributed by atoms with Crippen LogP contribution in [0.5, 0.6) is 5.75 Å². The number of nitrogens with zero attached hydrogens (tertiary/aromatic N) is 2. The van der Waals surface area contributed by atoms with Gasteiger partial charge < -0.3 is 15.0 Å². The maximum Gasteiger partial charge on any atom is 0.252 e. The number of nitrogens with one attached hydrogen (secondary N) is 1. The van der Waals surface area contributed by atoms with Gasteiger partial charge in [-0.1, -0.05) is 46.9 Å². The number of thiazole rings is 1. The quantitative estimate of drug-likeness (QED) is 0.177. The third-order valence-corrected chi connectivity index (χ3v) is 10.4. The minimum absolute atomic E-state index is 0.000876. The number of halogens is 5. The molecule has 2 aromatic carbocycles. The second kappa shape index (κ2) is 12.8. The van der Waals surface area contributed by atoms with Crippen LogP contribution < -0.4 is 10.1 Å². The van der Waals surface area contributed by atoms with Crippen molar-refractivity contribution in [1.29, 1.82) is 0 Å². The van der Waals surface area contributed by atoms with Crippen molar-refractivity contribution in [2.45, 2.75) is 76.0 Å². The van der Waals surface area contributed by atoms with Gasteiger partial charge in [0.05, 0.1) is 26.5 Å². The molecule has 0 radical (unpaired) electrons. The van der Waals surface area contributed by atoms with Crippen LogP contribution in [0.25, 0.3) is 5.57 Å². The van der Waals surface area contributed by atoms with E-state index in [4.69, 9.17) is 39.5 Å². The highest BCUT2D eigenvalue weighted by Crippen LogP contribution is 2.41. The smallest absolute Gasteiger partial charge is 0.252 e. The lowest BCUT2D eigenvalue weighted by atomic mass is 9.81. The summed E-state index contributed by atoms with van der Waals surface area (Å²) in [5.41, 5.74) is 2.76. The van der Waals surface area contributed by atoms with Crippen LogP contribution in [-0.4, -0.2) is 40.5 Å². The molecule has 3 heterocycles. The normalized spacial score (nSPS) is 20.1. The molecule has 5 nitrogen and oxygen atoms in total. The highest BCUT2D eigenvalue weighted by molar-refractivity contribution is 7.12. The monoisotopic (exact) mass is 651 g/mol. The van der Waals surface area contributed by atoms with Gasteiger partial charge in [-0.3, -0.25) is 4.79 Å². The number of aryl methyl sites for hydroxylation is 1. The summed E-state index contributed by atoms with van der Waals surface area (Å²) in [6.45, 7) is 0.581. The summed E-state index contributed by atoms with van der Waals surface area (Å²) in [4.78, 5) is 22.0. The number of carbonyl (C=O) groups excluding carboxylic acids is 1. The van der Waals surface area contributed by atoms with Gasteiger partial charge >= 0.3 is 0 Å². The molecular weight excluding hydrogens is 623 g/mol. The lowest BCUT2D eigenvalue weighted by molar-refractivity contribution is -0.128. The van der Waals surface area contributed by atoms with Crippen LogP contribution in [0.3, 0.4) is 0 Å². The Balaban J connectivity index is 1.21. The molecule has 1 saturated heterocycles. The zero-order chi connectivity index (χ0) is 29.4. The molecule has 2 atom stereocenters. The van der Waals surface area contributed by atoms with Crippen LogP contribution in [0.1, 0.15) is 60.4 Å². The molecule has 1 saturated carbocycles. The van der Waals surface area contributed by atoms with E-state index < -0.39 is 11.6 Å². The van der Waals surface area contributed by atoms with Crippen LogP contribution in [-0.2, 0) is 17.8 Å². The molecule has 6 rings (SSSR count). The second-order valence-electron chi connectivity index (χ2n) is 11.1. The van der Waals surface area contributed by atoms with Crippen LogP contribution in [0.2, 0.25) is 15.1 Å². The number of benzene rings is 2. The number of hydrogen-bond acceptors (Lipinski definition) is 5. The molecule has 1 unspecified atom stereocenters. The minimum Gasteiger partial charge on any atom is -0.489 e. The topological polar surface area (TPSA) is 54.5 Å². The average Bonchev–Trinajstić information content (AvgIpc) is 3.71. The Kier molecular flexibility index (Phi) is 9.08. The van der Waals surface area contributed by atoms with E-state index >= 15 is 0 Å². The fourth-order valence-electron chi connectivity index (χ4n) is 5.85. The zero-order valence-corrected chi connectivity index (χ0v) is 25.9. The zero-order valence-electron chi connectivity index (χ0n) is 22.8. The summed E-state index contributed by atoms with van der Waals surface area (Å²) in [6.07, 6.45) is 8.82. The maximum absolute atomic E-state index is 14.3. The van der Waals surface area contributed by atoms with Gasteiger partial charge in [-0.15, -0.1) is 11.3 Å². The average molecular weight is 653 g/mol. The summed E-state index contributed by atoms with van der Waals surface area (Å²) >= 11 is 20.2. The fraction of sp³-hybridized carbons (Fsp3) is 0.419. The van der Waals surface area contributed by atoms with E-state index in [1.807, 2.05) is 23.2 Å². The third kappa shape index (κ3) is 6.34. The standard InChI is InChI=1S/C31H30Cl3F2N3O2S/c32-21-6-1-4-17(28(21)33)16-39(19-9-10-19)31(40)27-20(14-18-5-2-7-24(27)38-18)25-15-37-26(42-25)8-3-13-41-30-23(36)12-11-22(35)29(30)34/h1,4,6,11-12,15,18-19,24,38H,2-3,5,7-10,13-14,16H2/t18-,24?/m0/s1. The van der Waals surface area contributed by atoms with Crippen LogP contribution in [0.15, 0.2) is 42.1 Å². The molecule has 0 spiro atoms. The third-order valence-electron chi connectivity index (χ3n) is 8.09. The van der Waals surface area contributed by atoms with Crippen molar-refractivity contribution in [3.63, 3.8) is 0 Å². The van der Waals surface area contributed by atoms with E-state index in [2.05, 4.69) is 10.3 Å². The number of rotatable bonds is 10. The van der Waals surface area contributed by atoms with Gasteiger partial charge in [0.1, 0.15) is 10.8 Å². The van der Waals surface area contributed by atoms with E-state index in [-0.39, 0.29) is 35.4 Å². The van der Waals surface area contributed by atoms with E-state index in [0.717, 1.165) is 77.3 Å². The number of amides is 1. The predicted octanol–water partition coefficient (Wildman–Crippen LogP) is 8.25. The SMILES string of the molecule is O=C(C1=C(c2cnc(CCCOc3c(F)ccc(F)c3Cl)s2)C[C@@H]2CCCC1N2)N(Cc1cccc(Cl)c1Cl)C1CC1. The Morgan fingerprint density at radius 3 is 2.69 bits per heavy atom. The van der Waals surface area contributed by atoms with Crippen molar-refractivity contribution in [3.8, 4) is 5.75 Å². The molecule has 42 heavy (non-hydrogen) atoms. The summed E-state index contributed by atoms with van der Waals surface area (Å²) in [5.74, 6) is -1.64. The Bertz CT molecular complexity index is 1530. The first-order valence-corrected chi connectivity index (χ1v) is 16.2. The molecule has 1 N–H and O–H groups in total. The number of fused-ring (bicyclic) bond motifs is 2. The Hall–Kier alpha value is -2.23. The van der Waals surface area contributed by atoms with Gasteiger partial charge in [-0.25, -0.2) is 13.8 Å². The first-order valence-electron chi connectivity index (χ1n) is 14.2. The van der Waals surface area contributed by atoms with Crippen molar-refractivity contribution in [2.24, 2.45) is 0 Å². The second-order valence-corrected chi connectivity index (χ2v) is 13.3.